The molecule has 1 heterocycles. The molecule has 0 radical (unpaired) electrons. The van der Waals surface area contributed by atoms with E-state index in [4.69, 9.17) is 0 Å². The molecule has 8 heteroatoms. The molecule has 0 bridgehead atoms. The summed E-state index contributed by atoms with van der Waals surface area (Å²) in [5.74, 6) is -0.339. The van der Waals surface area contributed by atoms with Crippen molar-refractivity contribution in [3.8, 4) is 5.75 Å². The Morgan fingerprint density at radius 3 is 2.58 bits per heavy atom. The van der Waals surface area contributed by atoms with Crippen molar-refractivity contribution < 1.29 is 22.3 Å². The van der Waals surface area contributed by atoms with Crippen LogP contribution in [0.15, 0.2) is 30.5 Å². The van der Waals surface area contributed by atoms with Gasteiger partial charge in [-0.2, -0.15) is 22.7 Å². The lowest BCUT2D eigenvalue weighted by Crippen LogP contribution is -2.33. The predicted octanol–water partition coefficient (Wildman–Crippen LogP) is 4.56. The Hall–Kier alpha value is -2.25. The van der Waals surface area contributed by atoms with Crippen LogP contribution in [0.3, 0.4) is 0 Å². The molecule has 0 amide bonds. The van der Waals surface area contributed by atoms with Crippen LogP contribution in [0.1, 0.15) is 32.0 Å². The standard InChI is InChI=1S/C16H19F4N3O/c1-15(2,3)13-10(9-22-23-13)8-21-11-5-4-6-12(7-11)24-16(19,20)14(17)18/h4-7,9,14,21H,8H2,1-3H3,(H,22,23). The first-order valence-electron chi connectivity index (χ1n) is 7.31. The summed E-state index contributed by atoms with van der Waals surface area (Å²) in [6.07, 6.45) is -6.74. The fourth-order valence-corrected chi connectivity index (χ4v) is 2.16. The average Bonchev–Trinajstić information content (AvgIpc) is 2.93. The number of nitrogens with zero attached hydrogens (tertiary/aromatic N) is 1. The van der Waals surface area contributed by atoms with Gasteiger partial charge in [-0.1, -0.05) is 26.8 Å². The van der Waals surface area contributed by atoms with Gasteiger partial charge in [0.2, 0.25) is 0 Å². The molecule has 2 N–H and O–H groups in total. The van der Waals surface area contributed by atoms with E-state index < -0.39 is 12.5 Å². The highest BCUT2D eigenvalue weighted by Gasteiger charge is 2.43. The summed E-state index contributed by atoms with van der Waals surface area (Å²) < 4.78 is 54.4. The first-order valence-corrected chi connectivity index (χ1v) is 7.31. The first-order chi connectivity index (χ1) is 11.1. The monoisotopic (exact) mass is 345 g/mol. The summed E-state index contributed by atoms with van der Waals surface area (Å²) in [4.78, 5) is 0. The van der Waals surface area contributed by atoms with E-state index in [2.05, 4.69) is 20.3 Å². The number of anilines is 1. The molecule has 2 rings (SSSR count). The minimum absolute atomic E-state index is 0.127. The van der Waals surface area contributed by atoms with Gasteiger partial charge in [0.05, 0.1) is 6.20 Å². The summed E-state index contributed by atoms with van der Waals surface area (Å²) in [5.41, 5.74) is 2.22. The molecule has 2 aromatic rings. The van der Waals surface area contributed by atoms with Crippen LogP contribution in [0, 0.1) is 0 Å². The zero-order valence-corrected chi connectivity index (χ0v) is 13.5. The van der Waals surface area contributed by atoms with E-state index in [1.54, 1.807) is 12.3 Å². The van der Waals surface area contributed by atoms with Crippen molar-refractivity contribution in [3.63, 3.8) is 0 Å². The van der Waals surface area contributed by atoms with Gasteiger partial charge in [0, 0.05) is 35.0 Å². The van der Waals surface area contributed by atoms with Gasteiger partial charge in [-0.15, -0.1) is 0 Å². The topological polar surface area (TPSA) is 49.9 Å². The highest BCUT2D eigenvalue weighted by molar-refractivity contribution is 5.49. The number of H-pyrrole nitrogens is 1. The number of benzene rings is 1. The number of ether oxygens (including phenoxy) is 1. The molecule has 1 aromatic heterocycles. The van der Waals surface area contributed by atoms with Crippen LogP contribution in [0.25, 0.3) is 0 Å². The molecule has 1 aromatic carbocycles. The normalized spacial score (nSPS) is 12.5. The Bertz CT molecular complexity index is 680. The molecule has 132 valence electrons. The lowest BCUT2D eigenvalue weighted by Gasteiger charge is -2.19. The van der Waals surface area contributed by atoms with E-state index in [0.717, 1.165) is 11.3 Å². The molecular formula is C16H19F4N3O. The van der Waals surface area contributed by atoms with E-state index in [-0.39, 0.29) is 11.2 Å². The van der Waals surface area contributed by atoms with Crippen LogP contribution in [-0.4, -0.2) is 22.7 Å². The number of rotatable bonds is 6. The third-order valence-corrected chi connectivity index (χ3v) is 3.29. The van der Waals surface area contributed by atoms with Gasteiger partial charge in [-0.25, -0.2) is 0 Å². The SMILES string of the molecule is CC(C)(C)c1[nH]ncc1CNc1cccc(OC(F)(F)C(F)F)c1. The smallest absolute Gasteiger partial charge is 0.428 e. The average molecular weight is 345 g/mol. The Balaban J connectivity index is 2.07. The van der Waals surface area contributed by atoms with Crippen molar-refractivity contribution in [1.82, 2.24) is 10.2 Å². The van der Waals surface area contributed by atoms with Gasteiger partial charge >= 0.3 is 12.5 Å². The van der Waals surface area contributed by atoms with Crippen LogP contribution in [0.2, 0.25) is 0 Å². The summed E-state index contributed by atoms with van der Waals surface area (Å²) in [6.45, 7) is 6.50. The second-order valence-corrected chi connectivity index (χ2v) is 6.37. The summed E-state index contributed by atoms with van der Waals surface area (Å²) in [5, 5.41) is 10.00. The fourth-order valence-electron chi connectivity index (χ4n) is 2.16. The van der Waals surface area contributed by atoms with E-state index >= 15 is 0 Å². The summed E-state index contributed by atoms with van der Waals surface area (Å²) in [7, 11) is 0. The molecule has 0 atom stereocenters. The van der Waals surface area contributed by atoms with Crippen LogP contribution in [-0.2, 0) is 12.0 Å². The predicted molar refractivity (Wildman–Crippen MR) is 82.6 cm³/mol. The van der Waals surface area contributed by atoms with Crippen molar-refractivity contribution in [3.05, 3.63) is 41.7 Å². The van der Waals surface area contributed by atoms with Crippen LogP contribution in [0.4, 0.5) is 23.2 Å². The lowest BCUT2D eigenvalue weighted by atomic mass is 9.89. The molecule has 0 saturated carbocycles. The molecule has 0 aliphatic rings. The van der Waals surface area contributed by atoms with Crippen LogP contribution < -0.4 is 10.1 Å². The Morgan fingerprint density at radius 1 is 1.25 bits per heavy atom. The van der Waals surface area contributed by atoms with Crippen LogP contribution in [0.5, 0.6) is 5.75 Å². The van der Waals surface area contributed by atoms with Crippen molar-refractivity contribution in [2.75, 3.05) is 5.32 Å². The molecule has 0 saturated heterocycles. The second kappa shape index (κ2) is 6.70. The zero-order chi connectivity index (χ0) is 18.0. The van der Waals surface area contributed by atoms with Gasteiger partial charge in [-0.05, 0) is 12.1 Å². The van der Waals surface area contributed by atoms with Gasteiger partial charge in [0.1, 0.15) is 5.75 Å². The van der Waals surface area contributed by atoms with Crippen molar-refractivity contribution in [2.24, 2.45) is 0 Å². The van der Waals surface area contributed by atoms with E-state index in [9.17, 15) is 17.6 Å². The van der Waals surface area contributed by atoms with Gasteiger partial charge in [0.15, 0.2) is 0 Å². The van der Waals surface area contributed by atoms with Gasteiger partial charge in [0.25, 0.3) is 0 Å². The van der Waals surface area contributed by atoms with Gasteiger partial charge in [-0.3, -0.25) is 5.10 Å². The number of alkyl halides is 4. The molecule has 0 fully saturated rings. The van der Waals surface area contributed by atoms with Crippen molar-refractivity contribution in [1.29, 1.82) is 0 Å². The minimum atomic E-state index is -4.53. The molecule has 0 spiro atoms. The molecule has 24 heavy (non-hydrogen) atoms. The van der Waals surface area contributed by atoms with Gasteiger partial charge < -0.3 is 10.1 Å². The van der Waals surface area contributed by atoms with Crippen molar-refractivity contribution >= 4 is 5.69 Å². The quantitative estimate of drug-likeness (QED) is 0.755. The number of hydrogen-bond acceptors (Lipinski definition) is 3. The molecule has 0 unspecified atom stereocenters. The van der Waals surface area contributed by atoms with Crippen LogP contribution >= 0.6 is 0 Å². The lowest BCUT2D eigenvalue weighted by molar-refractivity contribution is -0.253. The number of halogens is 4. The Kier molecular flexibility index (Phi) is 5.05. The maximum atomic E-state index is 13.0. The highest BCUT2D eigenvalue weighted by atomic mass is 19.3. The Labute approximate surface area is 137 Å². The molecular weight excluding hydrogens is 326 g/mol. The number of aromatic nitrogens is 2. The number of nitrogens with one attached hydrogen (secondary N) is 2. The maximum absolute atomic E-state index is 13.0. The molecule has 0 aliphatic carbocycles. The highest BCUT2D eigenvalue weighted by Crippen LogP contribution is 2.29. The second-order valence-electron chi connectivity index (χ2n) is 6.37. The summed E-state index contributed by atoms with van der Waals surface area (Å²) >= 11 is 0. The third kappa shape index (κ3) is 4.39. The molecule has 0 aliphatic heterocycles. The fraction of sp³-hybridized carbons (Fsp3) is 0.438. The zero-order valence-electron chi connectivity index (χ0n) is 13.5. The number of hydrogen-bond donors (Lipinski definition) is 2. The van der Waals surface area contributed by atoms with Crippen molar-refractivity contribution in [2.45, 2.75) is 45.3 Å². The summed E-state index contributed by atoms with van der Waals surface area (Å²) in [6, 6.07) is 5.51. The Morgan fingerprint density at radius 2 is 1.96 bits per heavy atom. The third-order valence-electron chi connectivity index (χ3n) is 3.29. The van der Waals surface area contributed by atoms with E-state index in [1.807, 2.05) is 20.8 Å². The maximum Gasteiger partial charge on any atom is 0.461 e. The first kappa shape index (κ1) is 18.1. The molecule has 4 nitrogen and oxygen atoms in total. The minimum Gasteiger partial charge on any atom is -0.428 e. The number of aromatic amines is 1. The van der Waals surface area contributed by atoms with E-state index in [1.165, 1.54) is 18.2 Å². The largest absolute Gasteiger partial charge is 0.461 e. The van der Waals surface area contributed by atoms with E-state index in [0.29, 0.717) is 12.2 Å².